The number of nitrogens with one attached hydrogen (secondary N) is 1. The van der Waals surface area contributed by atoms with Gasteiger partial charge in [-0.15, -0.1) is 0 Å². The molecule has 126 valence electrons. The molecule has 1 fully saturated rings. The van der Waals surface area contributed by atoms with Crippen molar-refractivity contribution in [2.75, 3.05) is 6.54 Å². The summed E-state index contributed by atoms with van der Waals surface area (Å²) in [6.45, 7) is 4.56. The van der Waals surface area contributed by atoms with Crippen LogP contribution in [0.1, 0.15) is 41.5 Å². The third kappa shape index (κ3) is 3.29. The molecule has 0 radical (unpaired) electrons. The van der Waals surface area contributed by atoms with Crippen molar-refractivity contribution in [1.29, 1.82) is 0 Å². The summed E-state index contributed by atoms with van der Waals surface area (Å²) in [6, 6.07) is 6.12. The summed E-state index contributed by atoms with van der Waals surface area (Å²) in [5.41, 5.74) is 8.41. The van der Waals surface area contributed by atoms with Gasteiger partial charge in [-0.3, -0.25) is 9.59 Å². The fourth-order valence-corrected chi connectivity index (χ4v) is 2.94. The smallest absolute Gasteiger partial charge is 0.225 e. The number of nitrogens with two attached hydrogens (primary N) is 1. The van der Waals surface area contributed by atoms with E-state index >= 15 is 0 Å². The normalized spacial score (nSPS) is 17.6. The number of nitrogens with zero attached hydrogens (tertiary/aromatic N) is 3. The second kappa shape index (κ2) is 6.43. The van der Waals surface area contributed by atoms with Crippen molar-refractivity contribution in [2.45, 2.75) is 39.0 Å². The van der Waals surface area contributed by atoms with E-state index in [1.807, 2.05) is 32.0 Å². The first kappa shape index (κ1) is 16.2. The molecule has 7 nitrogen and oxygen atoms in total. The van der Waals surface area contributed by atoms with Crippen LogP contribution in [-0.2, 0) is 16.0 Å². The fourth-order valence-electron chi connectivity index (χ4n) is 2.94. The minimum Gasteiger partial charge on any atom is -0.369 e. The van der Waals surface area contributed by atoms with Gasteiger partial charge in [0.25, 0.3) is 0 Å². The van der Waals surface area contributed by atoms with E-state index in [0.29, 0.717) is 25.2 Å². The third-order valence-electron chi connectivity index (χ3n) is 4.23. The summed E-state index contributed by atoms with van der Waals surface area (Å²) in [7, 11) is 0. The molecule has 0 spiro atoms. The zero-order chi connectivity index (χ0) is 17.3. The number of amides is 2. The van der Waals surface area contributed by atoms with Crippen molar-refractivity contribution in [3.8, 4) is 5.69 Å². The van der Waals surface area contributed by atoms with Crippen LogP contribution in [-0.4, -0.2) is 33.1 Å². The van der Waals surface area contributed by atoms with Gasteiger partial charge >= 0.3 is 0 Å². The van der Waals surface area contributed by atoms with Crippen molar-refractivity contribution >= 4 is 11.8 Å². The average molecular weight is 327 g/mol. The maximum atomic E-state index is 11.4. The van der Waals surface area contributed by atoms with Gasteiger partial charge in [-0.05, 0) is 37.5 Å². The summed E-state index contributed by atoms with van der Waals surface area (Å²) in [5, 5.41) is 7.38. The molecule has 1 aromatic heterocycles. The molecule has 24 heavy (non-hydrogen) atoms. The van der Waals surface area contributed by atoms with Gasteiger partial charge in [0.15, 0.2) is 5.82 Å². The van der Waals surface area contributed by atoms with Gasteiger partial charge in [-0.2, -0.15) is 5.10 Å². The van der Waals surface area contributed by atoms with Crippen molar-refractivity contribution in [1.82, 2.24) is 20.1 Å². The van der Waals surface area contributed by atoms with Crippen LogP contribution in [0.25, 0.3) is 5.69 Å². The maximum Gasteiger partial charge on any atom is 0.225 e. The Morgan fingerprint density at radius 2 is 2.21 bits per heavy atom. The number of aromatic nitrogens is 3. The highest BCUT2D eigenvalue weighted by molar-refractivity contribution is 5.77. The summed E-state index contributed by atoms with van der Waals surface area (Å²) in [6.07, 6.45) is 1.19. The molecule has 0 aliphatic carbocycles. The van der Waals surface area contributed by atoms with E-state index in [1.165, 1.54) is 0 Å². The monoisotopic (exact) mass is 327 g/mol. The van der Waals surface area contributed by atoms with Crippen molar-refractivity contribution in [3.63, 3.8) is 0 Å². The summed E-state index contributed by atoms with van der Waals surface area (Å²) in [5.74, 6) is 0.838. The van der Waals surface area contributed by atoms with E-state index in [9.17, 15) is 9.59 Å². The molecular formula is C17H21N5O2. The van der Waals surface area contributed by atoms with E-state index < -0.39 is 5.91 Å². The second-order valence-electron chi connectivity index (χ2n) is 6.27. The highest BCUT2D eigenvalue weighted by Crippen LogP contribution is 2.26. The Bertz CT molecular complexity index is 786. The van der Waals surface area contributed by atoms with Gasteiger partial charge in [0.1, 0.15) is 5.82 Å². The topological polar surface area (TPSA) is 103 Å². The van der Waals surface area contributed by atoms with Crippen LogP contribution in [0.15, 0.2) is 18.2 Å². The molecule has 1 atom stereocenters. The van der Waals surface area contributed by atoms with Crippen LogP contribution in [0.2, 0.25) is 0 Å². The van der Waals surface area contributed by atoms with E-state index in [-0.39, 0.29) is 18.2 Å². The van der Waals surface area contributed by atoms with Crippen molar-refractivity contribution < 1.29 is 9.59 Å². The molecule has 2 amide bonds. The number of carbonyl (C=O) groups is 2. The van der Waals surface area contributed by atoms with Gasteiger partial charge in [0.05, 0.1) is 12.1 Å². The van der Waals surface area contributed by atoms with E-state index in [1.54, 1.807) is 4.68 Å². The zero-order valence-electron chi connectivity index (χ0n) is 13.9. The largest absolute Gasteiger partial charge is 0.369 e. The minimum absolute atomic E-state index is 0.00391. The first-order valence-electron chi connectivity index (χ1n) is 8.02. The second-order valence-corrected chi connectivity index (χ2v) is 6.27. The predicted octanol–water partition coefficient (Wildman–Crippen LogP) is 0.906. The molecule has 1 aromatic carbocycles. The Morgan fingerprint density at radius 1 is 1.42 bits per heavy atom. The van der Waals surface area contributed by atoms with Crippen LogP contribution in [0.3, 0.4) is 0 Å². The summed E-state index contributed by atoms with van der Waals surface area (Å²) < 4.78 is 1.79. The number of benzene rings is 1. The average Bonchev–Trinajstić information content (AvgIpc) is 2.93. The molecule has 3 rings (SSSR count). The SMILES string of the molecule is Cc1ccc(C)c(-n2nc(CC(N)=O)nc2C2CCC(=O)NC2)c1. The van der Waals surface area contributed by atoms with Crippen molar-refractivity contribution in [2.24, 2.45) is 5.73 Å². The first-order chi connectivity index (χ1) is 11.4. The molecule has 1 aliphatic heterocycles. The molecule has 0 saturated carbocycles. The van der Waals surface area contributed by atoms with E-state index in [0.717, 1.165) is 22.6 Å². The van der Waals surface area contributed by atoms with E-state index in [4.69, 9.17) is 5.73 Å². The first-order valence-corrected chi connectivity index (χ1v) is 8.02. The Labute approximate surface area is 140 Å². The van der Waals surface area contributed by atoms with Gasteiger partial charge in [-0.1, -0.05) is 12.1 Å². The van der Waals surface area contributed by atoms with Gasteiger partial charge < -0.3 is 11.1 Å². The lowest BCUT2D eigenvalue weighted by atomic mass is 9.98. The zero-order valence-corrected chi connectivity index (χ0v) is 13.9. The van der Waals surface area contributed by atoms with Gasteiger partial charge in [0.2, 0.25) is 11.8 Å². The number of hydrogen-bond donors (Lipinski definition) is 2. The Balaban J connectivity index is 2.05. The van der Waals surface area contributed by atoms with Gasteiger partial charge in [-0.25, -0.2) is 9.67 Å². The van der Waals surface area contributed by atoms with Crippen LogP contribution in [0, 0.1) is 13.8 Å². The Kier molecular flexibility index (Phi) is 4.33. The van der Waals surface area contributed by atoms with Crippen LogP contribution < -0.4 is 11.1 Å². The van der Waals surface area contributed by atoms with Crippen LogP contribution in [0.5, 0.6) is 0 Å². The molecule has 0 bridgehead atoms. The maximum absolute atomic E-state index is 11.4. The van der Waals surface area contributed by atoms with Gasteiger partial charge in [0, 0.05) is 18.9 Å². The molecule has 1 saturated heterocycles. The van der Waals surface area contributed by atoms with E-state index in [2.05, 4.69) is 15.4 Å². The minimum atomic E-state index is -0.461. The fraction of sp³-hybridized carbons (Fsp3) is 0.412. The Morgan fingerprint density at radius 3 is 2.88 bits per heavy atom. The lowest BCUT2D eigenvalue weighted by molar-refractivity contribution is -0.122. The number of carbonyl (C=O) groups excluding carboxylic acids is 2. The molecule has 1 aliphatic rings. The number of primary amides is 1. The van der Waals surface area contributed by atoms with Crippen LogP contribution >= 0.6 is 0 Å². The lowest BCUT2D eigenvalue weighted by Gasteiger charge is -2.22. The summed E-state index contributed by atoms with van der Waals surface area (Å²) >= 11 is 0. The molecule has 3 N–H and O–H groups in total. The number of hydrogen-bond acceptors (Lipinski definition) is 4. The standard InChI is InChI=1S/C17H21N5O2/c1-10-3-4-11(2)13(7-10)22-17(12-5-6-16(24)19-9-12)20-15(21-22)8-14(18)23/h3-4,7,12H,5-6,8-9H2,1-2H3,(H2,18,23)(H,19,24). The molecular weight excluding hydrogens is 306 g/mol. The predicted molar refractivity (Wildman–Crippen MR) is 88.7 cm³/mol. The van der Waals surface area contributed by atoms with Crippen LogP contribution in [0.4, 0.5) is 0 Å². The molecule has 2 heterocycles. The highest BCUT2D eigenvalue weighted by Gasteiger charge is 2.26. The van der Waals surface area contributed by atoms with Crippen molar-refractivity contribution in [3.05, 3.63) is 41.0 Å². The molecule has 7 heteroatoms. The number of piperidine rings is 1. The molecule has 2 aromatic rings. The number of aryl methyl sites for hydroxylation is 2. The highest BCUT2D eigenvalue weighted by atomic mass is 16.2. The summed E-state index contributed by atoms with van der Waals surface area (Å²) in [4.78, 5) is 27.2. The number of rotatable bonds is 4. The lowest BCUT2D eigenvalue weighted by Crippen LogP contribution is -2.34. The quantitative estimate of drug-likeness (QED) is 0.871. The Hall–Kier alpha value is -2.70. The third-order valence-corrected chi connectivity index (χ3v) is 4.23. The molecule has 1 unspecified atom stereocenters.